The number of hydrogen-bond acceptors (Lipinski definition) is 4. The lowest BCUT2D eigenvalue weighted by molar-refractivity contribution is 0.0940. The smallest absolute Gasteiger partial charge is 0.253 e. The number of nitrogens with zero attached hydrogens (tertiary/aromatic N) is 1. The molecular weight excluding hydrogens is 258 g/mol. The number of pyridine rings is 1. The lowest BCUT2D eigenvalue weighted by Crippen LogP contribution is -2.36. The highest BCUT2D eigenvalue weighted by Crippen LogP contribution is 2.14. The predicted molar refractivity (Wildman–Crippen MR) is 82.9 cm³/mol. The molecule has 1 amide bonds. The van der Waals surface area contributed by atoms with E-state index >= 15 is 0 Å². The maximum absolute atomic E-state index is 12.3. The van der Waals surface area contributed by atoms with Gasteiger partial charge in [-0.15, -0.1) is 0 Å². The average molecular weight is 281 g/mol. The predicted octanol–water partition coefficient (Wildman–Crippen LogP) is 2.77. The van der Waals surface area contributed by atoms with Gasteiger partial charge in [-0.2, -0.15) is 11.8 Å². The average Bonchev–Trinajstić information content (AvgIpc) is 2.44. The maximum atomic E-state index is 12.3. The fourth-order valence-corrected chi connectivity index (χ4v) is 2.44. The molecule has 0 saturated carbocycles. The fraction of sp³-hybridized carbons (Fsp3) is 0.571. The first-order chi connectivity index (χ1) is 9.22. The minimum absolute atomic E-state index is 0.0260. The molecule has 1 rings (SSSR count). The quantitative estimate of drug-likeness (QED) is 0.769. The van der Waals surface area contributed by atoms with Gasteiger partial charge in [-0.25, -0.2) is 0 Å². The van der Waals surface area contributed by atoms with Crippen molar-refractivity contribution in [3.8, 4) is 0 Å². The van der Waals surface area contributed by atoms with Gasteiger partial charge >= 0.3 is 0 Å². The molecule has 0 aliphatic carbocycles. The molecule has 0 radical (unpaired) electrons. The molecule has 0 saturated heterocycles. The molecule has 4 nitrogen and oxygen atoms in total. The van der Waals surface area contributed by atoms with Crippen molar-refractivity contribution in [1.82, 2.24) is 10.3 Å². The Balaban J connectivity index is 2.75. The number of carbonyl (C=O) groups is 1. The van der Waals surface area contributed by atoms with E-state index in [0.717, 1.165) is 30.8 Å². The van der Waals surface area contributed by atoms with Gasteiger partial charge in [-0.3, -0.25) is 9.78 Å². The summed E-state index contributed by atoms with van der Waals surface area (Å²) >= 11 is 1.75. The Morgan fingerprint density at radius 1 is 1.47 bits per heavy atom. The third kappa shape index (κ3) is 5.11. The van der Waals surface area contributed by atoms with Crippen LogP contribution in [0.15, 0.2) is 18.5 Å². The molecule has 1 heterocycles. The number of amides is 1. The number of carbonyl (C=O) groups excluding carboxylic acids is 1. The van der Waals surface area contributed by atoms with Crippen molar-refractivity contribution < 1.29 is 4.79 Å². The van der Waals surface area contributed by atoms with E-state index in [-0.39, 0.29) is 11.9 Å². The molecule has 2 N–H and O–H groups in total. The van der Waals surface area contributed by atoms with Crippen LogP contribution in [-0.2, 0) is 0 Å². The van der Waals surface area contributed by atoms with E-state index in [0.29, 0.717) is 5.56 Å². The molecule has 0 aliphatic heterocycles. The lowest BCUT2D eigenvalue weighted by atomic mass is 10.2. The molecule has 0 bridgehead atoms. The van der Waals surface area contributed by atoms with Gasteiger partial charge in [0, 0.05) is 24.5 Å². The Hall–Kier alpha value is -1.23. The Labute approximate surface area is 119 Å². The van der Waals surface area contributed by atoms with E-state index in [1.807, 2.05) is 0 Å². The normalized spacial score (nSPS) is 11.9. The molecule has 0 aromatic carbocycles. The molecule has 1 aromatic rings. The summed E-state index contributed by atoms with van der Waals surface area (Å²) in [5, 5.41) is 6.31. The van der Waals surface area contributed by atoms with Crippen molar-refractivity contribution in [1.29, 1.82) is 0 Å². The molecule has 19 heavy (non-hydrogen) atoms. The number of anilines is 1. The molecule has 0 fully saturated rings. The Bertz CT molecular complexity index is 398. The van der Waals surface area contributed by atoms with E-state index in [2.05, 4.69) is 35.7 Å². The molecule has 5 heteroatoms. The van der Waals surface area contributed by atoms with Crippen LogP contribution in [0, 0.1) is 0 Å². The van der Waals surface area contributed by atoms with Gasteiger partial charge in [-0.1, -0.05) is 13.8 Å². The van der Waals surface area contributed by atoms with E-state index in [1.54, 1.807) is 30.2 Å². The zero-order valence-corrected chi connectivity index (χ0v) is 12.7. The number of aromatic nitrogens is 1. The second-order valence-corrected chi connectivity index (χ2v) is 5.29. The topological polar surface area (TPSA) is 54.0 Å². The molecule has 1 aromatic heterocycles. The summed E-state index contributed by atoms with van der Waals surface area (Å²) in [5.41, 5.74) is 1.48. The minimum Gasteiger partial charge on any atom is -0.383 e. The van der Waals surface area contributed by atoms with Crippen LogP contribution < -0.4 is 10.6 Å². The van der Waals surface area contributed by atoms with Crippen molar-refractivity contribution >= 4 is 23.4 Å². The third-order valence-electron chi connectivity index (χ3n) is 2.83. The SMILES string of the molecule is CCCNc1cnccc1C(=O)NC(CC)CSC. The van der Waals surface area contributed by atoms with Gasteiger partial charge < -0.3 is 10.6 Å². The van der Waals surface area contributed by atoms with E-state index < -0.39 is 0 Å². The van der Waals surface area contributed by atoms with E-state index in [9.17, 15) is 4.79 Å². The zero-order chi connectivity index (χ0) is 14.1. The lowest BCUT2D eigenvalue weighted by Gasteiger charge is -2.17. The second kappa shape index (κ2) is 8.80. The molecule has 0 spiro atoms. The second-order valence-electron chi connectivity index (χ2n) is 4.38. The molecule has 106 valence electrons. The van der Waals surface area contributed by atoms with Gasteiger partial charge in [0.05, 0.1) is 17.4 Å². The van der Waals surface area contributed by atoms with E-state index in [1.165, 1.54) is 0 Å². The minimum atomic E-state index is -0.0260. The number of thioether (sulfide) groups is 1. The molecule has 0 aliphatic rings. The molecule has 1 unspecified atom stereocenters. The standard InChI is InChI=1S/C14H23N3OS/c1-4-7-16-13-9-15-8-6-12(13)14(18)17-11(5-2)10-19-3/h6,8-9,11,16H,4-5,7,10H2,1-3H3,(H,17,18). The van der Waals surface area contributed by atoms with Gasteiger partial charge in [0.1, 0.15) is 0 Å². The highest BCUT2D eigenvalue weighted by molar-refractivity contribution is 7.98. The fourth-order valence-electron chi connectivity index (χ4n) is 1.72. The van der Waals surface area contributed by atoms with Crippen LogP contribution in [0.5, 0.6) is 0 Å². The van der Waals surface area contributed by atoms with Gasteiger partial charge in [0.25, 0.3) is 5.91 Å². The molecule has 1 atom stereocenters. The Morgan fingerprint density at radius 3 is 2.89 bits per heavy atom. The van der Waals surface area contributed by atoms with Crippen LogP contribution in [-0.4, -0.2) is 35.5 Å². The first-order valence-electron chi connectivity index (χ1n) is 6.70. The summed E-state index contributed by atoms with van der Waals surface area (Å²) in [5.74, 6) is 0.910. The zero-order valence-electron chi connectivity index (χ0n) is 11.9. The van der Waals surface area contributed by atoms with Crippen molar-refractivity contribution in [2.75, 3.05) is 23.9 Å². The number of rotatable bonds is 8. The van der Waals surface area contributed by atoms with Crippen molar-refractivity contribution in [2.45, 2.75) is 32.7 Å². The van der Waals surface area contributed by atoms with Gasteiger partial charge in [0.15, 0.2) is 0 Å². The summed E-state index contributed by atoms with van der Waals surface area (Å²) in [4.78, 5) is 16.4. The maximum Gasteiger partial charge on any atom is 0.253 e. The Kier molecular flexibility index (Phi) is 7.33. The molecular formula is C14H23N3OS. The van der Waals surface area contributed by atoms with Crippen LogP contribution >= 0.6 is 11.8 Å². The first kappa shape index (κ1) is 15.8. The van der Waals surface area contributed by atoms with Crippen LogP contribution in [0.2, 0.25) is 0 Å². The van der Waals surface area contributed by atoms with Crippen LogP contribution in [0.4, 0.5) is 5.69 Å². The highest BCUT2D eigenvalue weighted by atomic mass is 32.2. The summed E-state index contributed by atoms with van der Waals surface area (Å²) in [6.45, 7) is 5.02. The van der Waals surface area contributed by atoms with Crippen molar-refractivity contribution in [3.05, 3.63) is 24.0 Å². The first-order valence-corrected chi connectivity index (χ1v) is 8.09. The third-order valence-corrected chi connectivity index (χ3v) is 3.56. The summed E-state index contributed by atoms with van der Waals surface area (Å²) in [6, 6.07) is 1.98. The monoisotopic (exact) mass is 281 g/mol. The summed E-state index contributed by atoms with van der Waals surface area (Å²) in [6.07, 6.45) is 7.37. The largest absolute Gasteiger partial charge is 0.383 e. The number of hydrogen-bond donors (Lipinski definition) is 2. The number of nitrogens with one attached hydrogen (secondary N) is 2. The summed E-state index contributed by atoms with van der Waals surface area (Å²) < 4.78 is 0. The van der Waals surface area contributed by atoms with E-state index in [4.69, 9.17) is 0 Å². The van der Waals surface area contributed by atoms with Crippen LogP contribution in [0.1, 0.15) is 37.0 Å². The highest BCUT2D eigenvalue weighted by Gasteiger charge is 2.14. The summed E-state index contributed by atoms with van der Waals surface area (Å²) in [7, 11) is 0. The Morgan fingerprint density at radius 2 is 2.26 bits per heavy atom. The van der Waals surface area contributed by atoms with Crippen LogP contribution in [0.25, 0.3) is 0 Å². The van der Waals surface area contributed by atoms with Gasteiger partial charge in [-0.05, 0) is 25.2 Å². The van der Waals surface area contributed by atoms with Crippen molar-refractivity contribution in [2.24, 2.45) is 0 Å². The van der Waals surface area contributed by atoms with Gasteiger partial charge in [0.2, 0.25) is 0 Å². The van der Waals surface area contributed by atoms with Crippen molar-refractivity contribution in [3.63, 3.8) is 0 Å². The van der Waals surface area contributed by atoms with Crippen LogP contribution in [0.3, 0.4) is 0 Å².